The fourth-order valence-electron chi connectivity index (χ4n) is 2.61. The number of nitrogens with two attached hydrogens (primary N) is 1. The average molecular weight is 342 g/mol. The van der Waals surface area contributed by atoms with Gasteiger partial charge in [-0.3, -0.25) is 4.79 Å². The minimum absolute atomic E-state index is 0.140. The van der Waals surface area contributed by atoms with Crippen molar-refractivity contribution in [2.24, 2.45) is 5.73 Å². The summed E-state index contributed by atoms with van der Waals surface area (Å²) in [5, 5.41) is 3.23. The molecule has 1 aromatic carbocycles. The van der Waals surface area contributed by atoms with Gasteiger partial charge in [0.15, 0.2) is 0 Å². The molecule has 25 heavy (non-hydrogen) atoms. The third kappa shape index (κ3) is 5.42. The van der Waals surface area contributed by atoms with E-state index in [2.05, 4.69) is 15.3 Å². The summed E-state index contributed by atoms with van der Waals surface area (Å²) >= 11 is 0. The summed E-state index contributed by atoms with van der Waals surface area (Å²) in [7, 11) is 0. The second-order valence-corrected chi connectivity index (χ2v) is 5.96. The standard InChI is InChI=1S/C18H22N4O3/c19-16(23)6-3-13-1-4-14(5-2-13)22-17-11-18(21-12-20-17)25-15-7-9-24-10-8-15/h1-2,4-5,11-12,15H,3,6-10H2,(H2,19,23)(H,20,21,22). The van der Waals surface area contributed by atoms with Crippen molar-refractivity contribution in [2.45, 2.75) is 31.8 Å². The van der Waals surface area contributed by atoms with Crippen LogP contribution in [-0.4, -0.2) is 35.2 Å². The summed E-state index contributed by atoms with van der Waals surface area (Å²) < 4.78 is 11.2. The van der Waals surface area contributed by atoms with Crippen LogP contribution in [0.4, 0.5) is 11.5 Å². The van der Waals surface area contributed by atoms with E-state index in [4.69, 9.17) is 15.2 Å². The van der Waals surface area contributed by atoms with E-state index < -0.39 is 0 Å². The maximum atomic E-state index is 10.8. The van der Waals surface area contributed by atoms with E-state index >= 15 is 0 Å². The second-order valence-electron chi connectivity index (χ2n) is 5.96. The lowest BCUT2D eigenvalue weighted by Crippen LogP contribution is -2.26. The van der Waals surface area contributed by atoms with E-state index in [0.29, 0.717) is 24.5 Å². The quantitative estimate of drug-likeness (QED) is 0.800. The Morgan fingerprint density at radius 3 is 2.72 bits per heavy atom. The van der Waals surface area contributed by atoms with E-state index in [0.717, 1.165) is 37.3 Å². The molecule has 7 heteroatoms. The first kappa shape index (κ1) is 17.2. The fraction of sp³-hybridized carbons (Fsp3) is 0.389. The van der Waals surface area contributed by atoms with Crippen LogP contribution >= 0.6 is 0 Å². The number of ether oxygens (including phenoxy) is 2. The SMILES string of the molecule is NC(=O)CCc1ccc(Nc2cc(OC3CCOCC3)ncn2)cc1. The van der Waals surface area contributed by atoms with Gasteiger partial charge >= 0.3 is 0 Å². The lowest BCUT2D eigenvalue weighted by Gasteiger charge is -2.22. The number of aryl methyl sites for hydroxylation is 1. The summed E-state index contributed by atoms with van der Waals surface area (Å²) in [6.45, 7) is 1.45. The maximum Gasteiger partial charge on any atom is 0.218 e. The van der Waals surface area contributed by atoms with Gasteiger partial charge < -0.3 is 20.5 Å². The normalized spacial score (nSPS) is 14.9. The fourth-order valence-corrected chi connectivity index (χ4v) is 2.61. The molecule has 1 fully saturated rings. The summed E-state index contributed by atoms with van der Waals surface area (Å²) in [4.78, 5) is 19.2. The highest BCUT2D eigenvalue weighted by Gasteiger charge is 2.16. The number of aromatic nitrogens is 2. The molecule has 3 N–H and O–H groups in total. The van der Waals surface area contributed by atoms with Crippen molar-refractivity contribution in [1.82, 2.24) is 9.97 Å². The van der Waals surface area contributed by atoms with Crippen molar-refractivity contribution < 1.29 is 14.3 Å². The monoisotopic (exact) mass is 342 g/mol. The lowest BCUT2D eigenvalue weighted by molar-refractivity contribution is -0.117. The molecule has 2 heterocycles. The van der Waals surface area contributed by atoms with Gasteiger partial charge in [-0.1, -0.05) is 12.1 Å². The number of primary amides is 1. The molecule has 1 aliphatic heterocycles. The smallest absolute Gasteiger partial charge is 0.218 e. The molecule has 0 bridgehead atoms. The Morgan fingerprint density at radius 2 is 2.00 bits per heavy atom. The molecule has 3 rings (SSSR count). The van der Waals surface area contributed by atoms with Crippen LogP contribution in [0.3, 0.4) is 0 Å². The van der Waals surface area contributed by atoms with Crippen molar-refractivity contribution >= 4 is 17.4 Å². The summed E-state index contributed by atoms with van der Waals surface area (Å²) in [5.74, 6) is 0.935. The number of nitrogens with zero attached hydrogens (tertiary/aromatic N) is 2. The lowest BCUT2D eigenvalue weighted by atomic mass is 10.1. The number of amides is 1. The zero-order valence-electron chi connectivity index (χ0n) is 14.0. The second kappa shape index (κ2) is 8.43. The van der Waals surface area contributed by atoms with Gasteiger partial charge in [-0.25, -0.2) is 9.97 Å². The van der Waals surface area contributed by atoms with E-state index in [1.807, 2.05) is 24.3 Å². The van der Waals surface area contributed by atoms with Crippen LogP contribution in [0.25, 0.3) is 0 Å². The number of anilines is 2. The number of carbonyl (C=O) groups is 1. The number of hydrogen-bond donors (Lipinski definition) is 2. The molecular weight excluding hydrogens is 320 g/mol. The van der Waals surface area contributed by atoms with E-state index in [9.17, 15) is 4.79 Å². The summed E-state index contributed by atoms with van der Waals surface area (Å²) in [5.41, 5.74) is 7.14. The first-order valence-electron chi connectivity index (χ1n) is 8.40. The summed E-state index contributed by atoms with van der Waals surface area (Å²) in [6, 6.07) is 9.60. The van der Waals surface area contributed by atoms with Gasteiger partial charge in [0.2, 0.25) is 11.8 Å². The number of hydrogen-bond acceptors (Lipinski definition) is 6. The predicted octanol–water partition coefficient (Wildman–Crippen LogP) is 2.20. The van der Waals surface area contributed by atoms with Gasteiger partial charge in [-0.05, 0) is 24.1 Å². The van der Waals surface area contributed by atoms with Crippen LogP contribution in [0.5, 0.6) is 5.88 Å². The Balaban J connectivity index is 1.58. The molecule has 0 unspecified atom stereocenters. The van der Waals surface area contributed by atoms with Crippen LogP contribution in [0.1, 0.15) is 24.8 Å². The van der Waals surface area contributed by atoms with Gasteiger partial charge in [0.05, 0.1) is 13.2 Å². The van der Waals surface area contributed by atoms with Crippen molar-refractivity contribution in [3.63, 3.8) is 0 Å². The van der Waals surface area contributed by atoms with Gasteiger partial charge in [0.1, 0.15) is 18.2 Å². The molecule has 0 aliphatic carbocycles. The highest BCUT2D eigenvalue weighted by Crippen LogP contribution is 2.20. The Kier molecular flexibility index (Phi) is 5.79. The Morgan fingerprint density at radius 1 is 1.24 bits per heavy atom. The van der Waals surface area contributed by atoms with E-state index in [1.54, 1.807) is 6.07 Å². The van der Waals surface area contributed by atoms with Crippen LogP contribution in [0, 0.1) is 0 Å². The molecule has 1 aromatic heterocycles. The van der Waals surface area contributed by atoms with Crippen molar-refractivity contribution in [3.05, 3.63) is 42.2 Å². The minimum atomic E-state index is -0.291. The molecule has 1 amide bonds. The van der Waals surface area contributed by atoms with Gasteiger partial charge in [-0.15, -0.1) is 0 Å². The van der Waals surface area contributed by atoms with Gasteiger partial charge in [0.25, 0.3) is 0 Å². The average Bonchev–Trinajstić information content (AvgIpc) is 2.62. The third-order valence-electron chi connectivity index (χ3n) is 3.98. The third-order valence-corrected chi connectivity index (χ3v) is 3.98. The molecule has 0 spiro atoms. The minimum Gasteiger partial charge on any atom is -0.474 e. The molecule has 0 radical (unpaired) electrons. The summed E-state index contributed by atoms with van der Waals surface area (Å²) in [6.07, 6.45) is 4.37. The molecule has 7 nitrogen and oxygen atoms in total. The zero-order chi connectivity index (χ0) is 17.5. The van der Waals surface area contributed by atoms with Crippen LogP contribution in [0.15, 0.2) is 36.7 Å². The number of benzene rings is 1. The maximum absolute atomic E-state index is 10.8. The Hall–Kier alpha value is -2.67. The molecule has 1 saturated heterocycles. The van der Waals surface area contributed by atoms with Crippen LogP contribution in [0.2, 0.25) is 0 Å². The van der Waals surface area contributed by atoms with Crippen molar-refractivity contribution in [2.75, 3.05) is 18.5 Å². The van der Waals surface area contributed by atoms with E-state index in [1.165, 1.54) is 6.33 Å². The van der Waals surface area contributed by atoms with Crippen molar-refractivity contribution in [3.8, 4) is 5.88 Å². The first-order valence-corrected chi connectivity index (χ1v) is 8.40. The van der Waals surface area contributed by atoms with E-state index in [-0.39, 0.29) is 12.0 Å². The molecule has 132 valence electrons. The molecule has 2 aromatic rings. The molecule has 0 saturated carbocycles. The van der Waals surface area contributed by atoms with Gasteiger partial charge in [0, 0.05) is 31.0 Å². The topological polar surface area (TPSA) is 99.4 Å². The van der Waals surface area contributed by atoms with Crippen LogP contribution < -0.4 is 15.8 Å². The molecule has 1 aliphatic rings. The number of carbonyl (C=O) groups excluding carboxylic acids is 1. The molecular formula is C18H22N4O3. The highest BCUT2D eigenvalue weighted by atomic mass is 16.5. The van der Waals surface area contributed by atoms with Gasteiger partial charge in [-0.2, -0.15) is 0 Å². The van der Waals surface area contributed by atoms with Crippen LogP contribution in [-0.2, 0) is 16.0 Å². The molecule has 0 atom stereocenters. The zero-order valence-corrected chi connectivity index (χ0v) is 14.0. The Bertz CT molecular complexity index is 700. The predicted molar refractivity (Wildman–Crippen MR) is 93.7 cm³/mol. The Labute approximate surface area is 146 Å². The van der Waals surface area contributed by atoms with Crippen molar-refractivity contribution in [1.29, 1.82) is 0 Å². The largest absolute Gasteiger partial charge is 0.474 e. The first-order chi connectivity index (χ1) is 12.2. The highest BCUT2D eigenvalue weighted by molar-refractivity contribution is 5.74. The number of rotatable bonds is 7. The number of nitrogens with one attached hydrogen (secondary N) is 1.